The summed E-state index contributed by atoms with van der Waals surface area (Å²) in [5, 5.41) is 7.07. The summed E-state index contributed by atoms with van der Waals surface area (Å²) in [6.45, 7) is 1.97. The minimum atomic E-state index is -4.40. The topological polar surface area (TPSA) is 163 Å². The van der Waals surface area contributed by atoms with Crippen molar-refractivity contribution in [2.24, 2.45) is 21.7 Å². The van der Waals surface area contributed by atoms with Gasteiger partial charge in [0, 0.05) is 25.0 Å². The first kappa shape index (κ1) is 23.2. The lowest BCUT2D eigenvalue weighted by molar-refractivity contribution is 0.329. The zero-order chi connectivity index (χ0) is 22.4. The Kier molecular flexibility index (Phi) is 7.40. The first-order valence-electron chi connectivity index (χ1n) is 8.57. The summed E-state index contributed by atoms with van der Waals surface area (Å²) >= 11 is 0. The molecular weight excluding hydrogens is 432 g/mol. The van der Waals surface area contributed by atoms with Gasteiger partial charge in [0.05, 0.1) is 11.5 Å². The SMILES string of the molecule is Cc1cc(OCC/C=N/N=C(N)N)cc(OS(=O)(=O)c2ccccc2S(C)(=O)=O)c1. The van der Waals surface area contributed by atoms with Crippen molar-refractivity contribution in [2.75, 3.05) is 12.9 Å². The smallest absolute Gasteiger partial charge is 0.340 e. The van der Waals surface area contributed by atoms with Crippen LogP contribution in [-0.2, 0) is 20.0 Å². The van der Waals surface area contributed by atoms with Gasteiger partial charge >= 0.3 is 10.1 Å². The fourth-order valence-corrected chi connectivity index (χ4v) is 4.89. The third-order valence-corrected chi connectivity index (χ3v) is 6.11. The van der Waals surface area contributed by atoms with Gasteiger partial charge in [-0.3, -0.25) is 0 Å². The molecule has 0 heterocycles. The molecule has 0 atom stereocenters. The van der Waals surface area contributed by atoms with Crippen LogP contribution in [-0.4, -0.2) is 41.9 Å². The standard InChI is InChI=1S/C18H22N4O6S2/c1-13-10-14(27-9-5-8-21-22-18(19)20)12-15(11-13)28-30(25,26)17-7-4-3-6-16(17)29(2,23)24/h3-4,6-8,10-12H,5,9H2,1-2H3,(H4,19,20,22)/b21-8+. The molecule has 0 aliphatic carbocycles. The van der Waals surface area contributed by atoms with Gasteiger partial charge in [-0.25, -0.2) is 8.42 Å². The first-order valence-corrected chi connectivity index (χ1v) is 11.9. The van der Waals surface area contributed by atoms with Crippen molar-refractivity contribution in [3.05, 3.63) is 48.0 Å². The van der Waals surface area contributed by atoms with Gasteiger partial charge in [0.25, 0.3) is 0 Å². The average Bonchev–Trinajstić information content (AvgIpc) is 2.63. The second-order valence-corrected chi connectivity index (χ2v) is 9.70. The molecule has 10 nitrogen and oxygen atoms in total. The van der Waals surface area contributed by atoms with Crippen molar-refractivity contribution >= 4 is 32.1 Å². The summed E-state index contributed by atoms with van der Waals surface area (Å²) in [5.74, 6) is 0.195. The third kappa shape index (κ3) is 6.74. The number of rotatable bonds is 9. The minimum Gasteiger partial charge on any atom is -0.493 e. The number of ether oxygens (including phenoxy) is 1. The van der Waals surface area contributed by atoms with Crippen LogP contribution in [0, 0.1) is 6.92 Å². The highest BCUT2D eigenvalue weighted by Crippen LogP contribution is 2.28. The van der Waals surface area contributed by atoms with Crippen molar-refractivity contribution in [2.45, 2.75) is 23.1 Å². The Bertz CT molecular complexity index is 1170. The van der Waals surface area contributed by atoms with Crippen molar-refractivity contribution in [1.29, 1.82) is 0 Å². The van der Waals surface area contributed by atoms with E-state index in [1.165, 1.54) is 42.6 Å². The molecule has 0 radical (unpaired) electrons. The maximum atomic E-state index is 12.7. The Balaban J connectivity index is 2.19. The van der Waals surface area contributed by atoms with E-state index in [1.807, 2.05) is 0 Å². The van der Waals surface area contributed by atoms with E-state index in [4.69, 9.17) is 20.4 Å². The highest BCUT2D eigenvalue weighted by Gasteiger charge is 2.25. The third-order valence-electron chi connectivity index (χ3n) is 3.52. The molecule has 0 aromatic heterocycles. The summed E-state index contributed by atoms with van der Waals surface area (Å²) in [7, 11) is -8.17. The lowest BCUT2D eigenvalue weighted by Gasteiger charge is -2.12. The Morgan fingerprint density at radius 2 is 1.67 bits per heavy atom. The van der Waals surface area contributed by atoms with Crippen LogP contribution in [0.2, 0.25) is 0 Å². The van der Waals surface area contributed by atoms with Crippen LogP contribution in [0.1, 0.15) is 12.0 Å². The molecule has 0 amide bonds. The number of hydrogen-bond acceptors (Lipinski definition) is 8. The fourth-order valence-electron chi connectivity index (χ4n) is 2.37. The monoisotopic (exact) mass is 454 g/mol. The first-order chi connectivity index (χ1) is 14.0. The quantitative estimate of drug-likeness (QED) is 0.188. The summed E-state index contributed by atoms with van der Waals surface area (Å²) in [5.41, 5.74) is 11.0. The van der Waals surface area contributed by atoms with Crippen LogP contribution in [0.25, 0.3) is 0 Å². The van der Waals surface area contributed by atoms with E-state index in [2.05, 4.69) is 10.2 Å². The van der Waals surface area contributed by atoms with Gasteiger partial charge in [-0.2, -0.15) is 13.5 Å². The second-order valence-electron chi connectivity index (χ2n) is 6.20. The Morgan fingerprint density at radius 1 is 1.03 bits per heavy atom. The number of benzene rings is 2. The van der Waals surface area contributed by atoms with Crippen molar-refractivity contribution in [3.63, 3.8) is 0 Å². The molecule has 2 aromatic carbocycles. The van der Waals surface area contributed by atoms with Crippen LogP contribution < -0.4 is 20.4 Å². The van der Waals surface area contributed by atoms with Crippen LogP contribution in [0.3, 0.4) is 0 Å². The molecule has 2 rings (SSSR count). The lowest BCUT2D eigenvalue weighted by atomic mass is 10.2. The normalized spacial score (nSPS) is 11.9. The fraction of sp³-hybridized carbons (Fsp3) is 0.222. The molecule has 0 bridgehead atoms. The van der Waals surface area contributed by atoms with E-state index < -0.39 is 24.9 Å². The van der Waals surface area contributed by atoms with Gasteiger partial charge in [-0.15, -0.1) is 5.10 Å². The Labute approximate surface area is 175 Å². The number of aryl methyl sites for hydroxylation is 1. The predicted octanol–water partition coefficient (Wildman–Crippen LogP) is 1.19. The molecule has 0 aliphatic rings. The molecule has 0 fully saturated rings. The Hall–Kier alpha value is -3.12. The van der Waals surface area contributed by atoms with E-state index in [0.29, 0.717) is 17.7 Å². The van der Waals surface area contributed by atoms with Gasteiger partial charge in [-0.05, 0) is 36.8 Å². The van der Waals surface area contributed by atoms with Gasteiger partial charge in [0.1, 0.15) is 16.4 Å². The maximum absolute atomic E-state index is 12.7. The van der Waals surface area contributed by atoms with E-state index in [1.54, 1.807) is 13.0 Å². The predicted molar refractivity (Wildman–Crippen MR) is 113 cm³/mol. The number of hydrogen-bond donors (Lipinski definition) is 2. The summed E-state index contributed by atoms with van der Waals surface area (Å²) in [6, 6.07) is 9.81. The molecule has 0 spiro atoms. The highest BCUT2D eigenvalue weighted by molar-refractivity contribution is 7.92. The van der Waals surface area contributed by atoms with Crippen LogP contribution in [0.5, 0.6) is 11.5 Å². The molecule has 0 unspecified atom stereocenters. The van der Waals surface area contributed by atoms with E-state index >= 15 is 0 Å². The highest BCUT2D eigenvalue weighted by atomic mass is 32.2. The van der Waals surface area contributed by atoms with Gasteiger partial charge in [-0.1, -0.05) is 12.1 Å². The average molecular weight is 455 g/mol. The largest absolute Gasteiger partial charge is 0.493 e. The maximum Gasteiger partial charge on any atom is 0.340 e. The molecule has 162 valence electrons. The van der Waals surface area contributed by atoms with Gasteiger partial charge in [0.15, 0.2) is 9.84 Å². The number of nitrogens with two attached hydrogens (primary N) is 2. The van der Waals surface area contributed by atoms with Gasteiger partial charge < -0.3 is 20.4 Å². The summed E-state index contributed by atoms with van der Waals surface area (Å²) in [6.07, 6.45) is 2.79. The molecule has 0 aliphatic heterocycles. The summed E-state index contributed by atoms with van der Waals surface area (Å²) < 4.78 is 60.0. The number of sulfone groups is 1. The van der Waals surface area contributed by atoms with Crippen LogP contribution >= 0.6 is 0 Å². The lowest BCUT2D eigenvalue weighted by Crippen LogP contribution is -2.21. The molecule has 0 saturated carbocycles. The van der Waals surface area contributed by atoms with Crippen LogP contribution in [0.15, 0.2) is 62.5 Å². The molecule has 4 N–H and O–H groups in total. The van der Waals surface area contributed by atoms with Crippen LogP contribution in [0.4, 0.5) is 0 Å². The molecule has 2 aromatic rings. The zero-order valence-electron chi connectivity index (χ0n) is 16.3. The molecule has 30 heavy (non-hydrogen) atoms. The van der Waals surface area contributed by atoms with Crippen molar-refractivity contribution in [3.8, 4) is 11.5 Å². The molecular formula is C18H22N4O6S2. The molecule has 0 saturated heterocycles. The Morgan fingerprint density at radius 3 is 2.30 bits per heavy atom. The van der Waals surface area contributed by atoms with E-state index in [9.17, 15) is 16.8 Å². The summed E-state index contributed by atoms with van der Waals surface area (Å²) in [4.78, 5) is -0.776. The molecule has 12 heteroatoms. The second kappa shape index (κ2) is 9.59. The van der Waals surface area contributed by atoms with E-state index in [-0.39, 0.29) is 23.2 Å². The zero-order valence-corrected chi connectivity index (χ0v) is 18.0. The minimum absolute atomic E-state index is 0.0116. The number of nitrogens with zero attached hydrogens (tertiary/aromatic N) is 2. The van der Waals surface area contributed by atoms with Crippen molar-refractivity contribution < 1.29 is 25.8 Å². The number of guanidine groups is 1. The van der Waals surface area contributed by atoms with Crippen molar-refractivity contribution in [1.82, 2.24) is 0 Å². The van der Waals surface area contributed by atoms with E-state index in [0.717, 1.165) is 6.26 Å². The van der Waals surface area contributed by atoms with Gasteiger partial charge in [0.2, 0.25) is 5.96 Å².